The van der Waals surface area contributed by atoms with Gasteiger partial charge < -0.3 is 5.32 Å². The van der Waals surface area contributed by atoms with Crippen LogP contribution < -0.4 is 10.0 Å². The summed E-state index contributed by atoms with van der Waals surface area (Å²) in [4.78, 5) is 23.0. The Bertz CT molecular complexity index is 971. The summed E-state index contributed by atoms with van der Waals surface area (Å²) >= 11 is 0. The number of halogens is 3. The number of rotatable bonds is 7. The van der Waals surface area contributed by atoms with Crippen LogP contribution in [0, 0.1) is 0 Å². The summed E-state index contributed by atoms with van der Waals surface area (Å²) in [7, 11) is -3.89. The van der Waals surface area contributed by atoms with E-state index in [-0.39, 0.29) is 29.3 Å². The Morgan fingerprint density at radius 3 is 2.25 bits per heavy atom. The van der Waals surface area contributed by atoms with Gasteiger partial charge >= 0.3 is 6.18 Å². The summed E-state index contributed by atoms with van der Waals surface area (Å²) in [6, 6.07) is 9.40. The first-order chi connectivity index (χ1) is 13.0. The van der Waals surface area contributed by atoms with Crippen LogP contribution in [0.2, 0.25) is 0 Å². The Kier molecular flexibility index (Phi) is 6.57. The highest BCUT2D eigenvalue weighted by Crippen LogP contribution is 2.30. The van der Waals surface area contributed by atoms with E-state index in [1.165, 1.54) is 37.3 Å². The van der Waals surface area contributed by atoms with Gasteiger partial charge in [0, 0.05) is 24.2 Å². The van der Waals surface area contributed by atoms with Crippen LogP contribution >= 0.6 is 0 Å². The molecule has 0 bridgehead atoms. The Balaban J connectivity index is 1.92. The minimum atomic E-state index is -4.53. The molecule has 0 saturated carbocycles. The lowest BCUT2D eigenvalue weighted by molar-refractivity contribution is -0.137. The van der Waals surface area contributed by atoms with Gasteiger partial charge in [-0.3, -0.25) is 9.59 Å². The maximum atomic E-state index is 12.7. The number of sulfonamides is 1. The van der Waals surface area contributed by atoms with Gasteiger partial charge in [-0.1, -0.05) is 18.2 Å². The first-order valence-electron chi connectivity index (χ1n) is 8.07. The largest absolute Gasteiger partial charge is 0.416 e. The summed E-state index contributed by atoms with van der Waals surface area (Å²) in [6.45, 7) is 1.10. The highest BCUT2D eigenvalue weighted by Gasteiger charge is 2.30. The minimum Gasteiger partial charge on any atom is -0.326 e. The van der Waals surface area contributed by atoms with E-state index in [0.717, 1.165) is 18.2 Å². The number of benzene rings is 2. The number of carbonyl (C=O) groups is 2. The second-order valence-corrected chi connectivity index (χ2v) is 7.62. The van der Waals surface area contributed by atoms with Gasteiger partial charge in [0.25, 0.3) is 0 Å². The van der Waals surface area contributed by atoms with Crippen LogP contribution in [-0.4, -0.2) is 26.7 Å². The fourth-order valence-electron chi connectivity index (χ4n) is 2.25. The van der Waals surface area contributed by atoms with Gasteiger partial charge in [-0.2, -0.15) is 13.2 Å². The first-order valence-corrected chi connectivity index (χ1v) is 9.55. The number of amides is 1. The van der Waals surface area contributed by atoms with Crippen LogP contribution in [0.5, 0.6) is 0 Å². The van der Waals surface area contributed by atoms with Crippen molar-refractivity contribution in [1.29, 1.82) is 0 Å². The van der Waals surface area contributed by atoms with E-state index >= 15 is 0 Å². The second kappa shape index (κ2) is 8.53. The quantitative estimate of drug-likeness (QED) is 0.681. The van der Waals surface area contributed by atoms with Crippen LogP contribution in [0.3, 0.4) is 0 Å². The molecule has 0 aromatic heterocycles. The highest BCUT2D eigenvalue weighted by molar-refractivity contribution is 7.89. The van der Waals surface area contributed by atoms with Crippen molar-refractivity contribution in [1.82, 2.24) is 4.72 Å². The third-order valence-corrected chi connectivity index (χ3v) is 5.17. The maximum Gasteiger partial charge on any atom is 0.416 e. The molecule has 0 saturated heterocycles. The fourth-order valence-corrected chi connectivity index (χ4v) is 3.28. The van der Waals surface area contributed by atoms with Crippen molar-refractivity contribution in [2.75, 3.05) is 11.9 Å². The van der Waals surface area contributed by atoms with Crippen molar-refractivity contribution in [2.45, 2.75) is 24.4 Å². The monoisotopic (exact) mass is 414 g/mol. The molecule has 0 atom stereocenters. The predicted octanol–water partition coefficient (Wildman–Crippen LogP) is 3.22. The molecule has 0 fully saturated rings. The van der Waals surface area contributed by atoms with Crippen LogP contribution in [0.1, 0.15) is 29.3 Å². The molecule has 2 N–H and O–H groups in total. The molecule has 0 aliphatic rings. The average molecular weight is 414 g/mol. The van der Waals surface area contributed by atoms with Crippen molar-refractivity contribution in [3.05, 3.63) is 59.7 Å². The number of alkyl halides is 3. The Morgan fingerprint density at radius 2 is 1.68 bits per heavy atom. The summed E-state index contributed by atoms with van der Waals surface area (Å²) < 4.78 is 64.5. The number of ketones is 1. The summed E-state index contributed by atoms with van der Waals surface area (Å²) in [5.41, 5.74) is -0.582. The highest BCUT2D eigenvalue weighted by atomic mass is 32.2. The number of nitrogens with one attached hydrogen (secondary N) is 2. The molecule has 0 radical (unpaired) electrons. The van der Waals surface area contributed by atoms with Gasteiger partial charge in [0.2, 0.25) is 15.9 Å². The topological polar surface area (TPSA) is 92.3 Å². The lowest BCUT2D eigenvalue weighted by Crippen LogP contribution is -2.28. The average Bonchev–Trinajstić information content (AvgIpc) is 2.61. The molecule has 2 aromatic carbocycles. The SMILES string of the molecule is CC(=O)c1ccc(S(=O)(=O)NCCC(=O)Nc2cccc(C(F)(F)F)c2)cc1. The molecule has 2 rings (SSSR count). The van der Waals surface area contributed by atoms with E-state index in [9.17, 15) is 31.2 Å². The maximum absolute atomic E-state index is 12.7. The minimum absolute atomic E-state index is 0.0393. The molecule has 1 amide bonds. The number of anilines is 1. The zero-order valence-electron chi connectivity index (χ0n) is 14.7. The molecule has 6 nitrogen and oxygen atoms in total. The summed E-state index contributed by atoms with van der Waals surface area (Å²) in [6.07, 6.45) is -4.81. The molecule has 0 heterocycles. The van der Waals surface area contributed by atoms with Crippen LogP contribution in [-0.2, 0) is 21.0 Å². The van der Waals surface area contributed by atoms with E-state index in [2.05, 4.69) is 10.0 Å². The van der Waals surface area contributed by atoms with Crippen molar-refractivity contribution in [2.24, 2.45) is 0 Å². The molecule has 150 valence electrons. The third-order valence-electron chi connectivity index (χ3n) is 3.69. The molecule has 28 heavy (non-hydrogen) atoms. The zero-order chi connectivity index (χ0) is 20.9. The molecule has 2 aromatic rings. The van der Waals surface area contributed by atoms with Crippen molar-refractivity contribution in [3.63, 3.8) is 0 Å². The summed E-state index contributed by atoms with van der Waals surface area (Å²) in [5, 5.41) is 2.29. The smallest absolute Gasteiger partial charge is 0.326 e. The molecule has 0 aliphatic carbocycles. The molecule has 0 unspecified atom stereocenters. The summed E-state index contributed by atoms with van der Waals surface area (Å²) in [5.74, 6) is -0.850. The normalized spacial score (nSPS) is 11.9. The van der Waals surface area contributed by atoms with Crippen LogP contribution in [0.25, 0.3) is 0 Å². The molecule has 0 aliphatic heterocycles. The number of hydrogen-bond donors (Lipinski definition) is 2. The molecule has 10 heteroatoms. The van der Waals surface area contributed by atoms with Crippen molar-refractivity contribution < 1.29 is 31.2 Å². The van der Waals surface area contributed by atoms with Gasteiger partial charge in [-0.15, -0.1) is 0 Å². The van der Waals surface area contributed by atoms with Gasteiger partial charge in [0.15, 0.2) is 5.78 Å². The number of carbonyl (C=O) groups excluding carboxylic acids is 2. The fraction of sp³-hybridized carbons (Fsp3) is 0.222. The Hall–Kier alpha value is -2.72. The lowest BCUT2D eigenvalue weighted by Gasteiger charge is -2.10. The Morgan fingerprint density at radius 1 is 1.04 bits per heavy atom. The van der Waals surface area contributed by atoms with E-state index in [1.807, 2.05) is 0 Å². The standard InChI is InChI=1S/C18H17F3N2O4S/c1-12(24)13-5-7-16(8-6-13)28(26,27)22-10-9-17(25)23-15-4-2-3-14(11-15)18(19,20)21/h2-8,11,22H,9-10H2,1H3,(H,23,25). The second-order valence-electron chi connectivity index (χ2n) is 5.86. The van der Waals surface area contributed by atoms with E-state index in [4.69, 9.17) is 0 Å². The predicted molar refractivity (Wildman–Crippen MR) is 96.3 cm³/mol. The molecular weight excluding hydrogens is 397 g/mol. The van der Waals surface area contributed by atoms with E-state index < -0.39 is 27.7 Å². The molecular formula is C18H17F3N2O4S. The number of hydrogen-bond acceptors (Lipinski definition) is 4. The third kappa shape index (κ3) is 5.89. The van der Waals surface area contributed by atoms with Gasteiger partial charge in [0.05, 0.1) is 10.5 Å². The van der Waals surface area contributed by atoms with Gasteiger partial charge in [-0.05, 0) is 37.3 Å². The lowest BCUT2D eigenvalue weighted by atomic mass is 10.2. The van der Waals surface area contributed by atoms with Crippen molar-refractivity contribution >= 4 is 27.4 Å². The van der Waals surface area contributed by atoms with E-state index in [0.29, 0.717) is 5.56 Å². The van der Waals surface area contributed by atoms with Gasteiger partial charge in [0.1, 0.15) is 0 Å². The zero-order valence-corrected chi connectivity index (χ0v) is 15.5. The Labute approximate surface area is 159 Å². The van der Waals surface area contributed by atoms with Crippen LogP contribution in [0.15, 0.2) is 53.4 Å². The van der Waals surface area contributed by atoms with Crippen LogP contribution in [0.4, 0.5) is 18.9 Å². The number of Topliss-reactive ketones (excluding diaryl/α,β-unsaturated/α-hetero) is 1. The van der Waals surface area contributed by atoms with Gasteiger partial charge in [-0.25, -0.2) is 13.1 Å². The van der Waals surface area contributed by atoms with E-state index in [1.54, 1.807) is 0 Å². The first kappa shape index (κ1) is 21.6. The molecule has 0 spiro atoms. The van der Waals surface area contributed by atoms with Crippen molar-refractivity contribution in [3.8, 4) is 0 Å².